The molecule has 1 heterocycles. The fourth-order valence-corrected chi connectivity index (χ4v) is 2.76. The van der Waals surface area contributed by atoms with E-state index in [1.807, 2.05) is 0 Å². The van der Waals surface area contributed by atoms with E-state index in [2.05, 4.69) is 15.8 Å². The molecule has 2 aromatic rings. The van der Waals surface area contributed by atoms with Crippen LogP contribution in [0.15, 0.2) is 22.7 Å². The number of carbonyl (C=O) groups excluding carboxylic acids is 1. The molecule has 1 aromatic carbocycles. The van der Waals surface area contributed by atoms with Gasteiger partial charge < -0.3 is 15.2 Å². The SMILES string of the molecule is CC[C@H](NC(=O)N[C@H](C)c1c(C)noc1C)c1cc(F)ccc1F. The topological polar surface area (TPSA) is 67.2 Å². The van der Waals surface area contributed by atoms with Crippen LogP contribution < -0.4 is 10.6 Å². The number of rotatable bonds is 5. The first kappa shape index (κ1) is 17.9. The number of carbonyl (C=O) groups is 1. The molecule has 130 valence electrons. The summed E-state index contributed by atoms with van der Waals surface area (Å²) < 4.78 is 32.3. The van der Waals surface area contributed by atoms with E-state index in [0.717, 1.165) is 23.8 Å². The van der Waals surface area contributed by atoms with Gasteiger partial charge in [-0.1, -0.05) is 12.1 Å². The predicted molar refractivity (Wildman–Crippen MR) is 85.4 cm³/mol. The van der Waals surface area contributed by atoms with Crippen LogP contribution >= 0.6 is 0 Å². The third kappa shape index (κ3) is 3.90. The molecule has 2 amide bonds. The van der Waals surface area contributed by atoms with Crippen LogP contribution in [0.5, 0.6) is 0 Å². The van der Waals surface area contributed by atoms with E-state index in [-0.39, 0.29) is 11.6 Å². The van der Waals surface area contributed by atoms with E-state index < -0.39 is 23.7 Å². The van der Waals surface area contributed by atoms with Gasteiger partial charge in [0, 0.05) is 11.1 Å². The molecular formula is C17H21F2N3O2. The number of hydrogen-bond donors (Lipinski definition) is 2. The number of aromatic nitrogens is 1. The van der Waals surface area contributed by atoms with Crippen LogP contribution in [0.1, 0.15) is 54.9 Å². The average Bonchev–Trinajstić information content (AvgIpc) is 2.86. The largest absolute Gasteiger partial charge is 0.361 e. The summed E-state index contributed by atoms with van der Waals surface area (Å²) in [7, 11) is 0. The van der Waals surface area contributed by atoms with Gasteiger partial charge in [0.15, 0.2) is 0 Å². The number of benzene rings is 1. The number of halogens is 2. The Morgan fingerprint density at radius 2 is 2.00 bits per heavy atom. The summed E-state index contributed by atoms with van der Waals surface area (Å²) in [6, 6.07) is 1.77. The molecular weight excluding hydrogens is 316 g/mol. The zero-order chi connectivity index (χ0) is 17.9. The van der Waals surface area contributed by atoms with Gasteiger partial charge in [-0.2, -0.15) is 0 Å². The lowest BCUT2D eigenvalue weighted by atomic mass is 10.0. The van der Waals surface area contributed by atoms with Gasteiger partial charge in [-0.3, -0.25) is 0 Å². The molecule has 7 heteroatoms. The van der Waals surface area contributed by atoms with E-state index in [0.29, 0.717) is 17.9 Å². The van der Waals surface area contributed by atoms with Crippen LogP contribution in [0.2, 0.25) is 0 Å². The third-order valence-corrected chi connectivity index (χ3v) is 3.92. The van der Waals surface area contributed by atoms with Crippen molar-refractivity contribution in [1.82, 2.24) is 15.8 Å². The van der Waals surface area contributed by atoms with E-state index in [1.54, 1.807) is 27.7 Å². The molecule has 24 heavy (non-hydrogen) atoms. The molecule has 2 atom stereocenters. The van der Waals surface area contributed by atoms with Crippen LogP contribution in [-0.2, 0) is 0 Å². The van der Waals surface area contributed by atoms with Crippen LogP contribution in [-0.4, -0.2) is 11.2 Å². The molecule has 0 radical (unpaired) electrons. The summed E-state index contributed by atoms with van der Waals surface area (Å²) in [5.74, 6) is -0.470. The summed E-state index contributed by atoms with van der Waals surface area (Å²) in [5.41, 5.74) is 1.62. The minimum Gasteiger partial charge on any atom is -0.361 e. The minimum atomic E-state index is -0.627. The lowest BCUT2D eigenvalue weighted by molar-refractivity contribution is 0.233. The van der Waals surface area contributed by atoms with Gasteiger partial charge in [-0.15, -0.1) is 0 Å². The molecule has 0 spiro atoms. The maximum absolute atomic E-state index is 13.9. The minimum absolute atomic E-state index is 0.123. The van der Waals surface area contributed by atoms with Crippen LogP contribution in [0.25, 0.3) is 0 Å². The molecule has 0 aliphatic carbocycles. The van der Waals surface area contributed by atoms with Crippen molar-refractivity contribution in [1.29, 1.82) is 0 Å². The van der Waals surface area contributed by atoms with Crippen LogP contribution in [0.3, 0.4) is 0 Å². The van der Waals surface area contributed by atoms with E-state index in [1.165, 1.54) is 0 Å². The zero-order valence-corrected chi connectivity index (χ0v) is 14.1. The Labute approximate surface area is 139 Å². The van der Waals surface area contributed by atoms with Crippen molar-refractivity contribution in [3.8, 4) is 0 Å². The highest BCUT2D eigenvalue weighted by molar-refractivity contribution is 5.75. The second-order valence-electron chi connectivity index (χ2n) is 5.70. The number of amides is 2. The Kier molecular flexibility index (Phi) is 5.54. The molecule has 0 saturated carbocycles. The fraction of sp³-hybridized carbons (Fsp3) is 0.412. The molecule has 1 aromatic heterocycles. The Balaban J connectivity index is 2.08. The Bertz CT molecular complexity index is 711. The number of urea groups is 1. The van der Waals surface area contributed by atoms with E-state index >= 15 is 0 Å². The molecule has 2 rings (SSSR count). The van der Waals surface area contributed by atoms with Crippen molar-refractivity contribution in [3.05, 3.63) is 52.4 Å². The average molecular weight is 337 g/mol. The van der Waals surface area contributed by atoms with Gasteiger partial charge in [0.05, 0.1) is 17.8 Å². The summed E-state index contributed by atoms with van der Waals surface area (Å²) in [4.78, 5) is 12.2. The number of aryl methyl sites for hydroxylation is 2. The Hall–Kier alpha value is -2.44. The van der Waals surface area contributed by atoms with Crippen molar-refractivity contribution in [2.45, 2.75) is 46.2 Å². The zero-order valence-electron chi connectivity index (χ0n) is 14.1. The summed E-state index contributed by atoms with van der Waals surface area (Å²) in [5, 5.41) is 9.29. The summed E-state index contributed by atoms with van der Waals surface area (Å²) in [6.45, 7) is 7.14. The highest BCUT2D eigenvalue weighted by atomic mass is 19.1. The fourth-order valence-electron chi connectivity index (χ4n) is 2.76. The predicted octanol–water partition coefficient (Wildman–Crippen LogP) is 4.08. The van der Waals surface area contributed by atoms with E-state index in [9.17, 15) is 13.6 Å². The Morgan fingerprint density at radius 1 is 1.29 bits per heavy atom. The summed E-state index contributed by atoms with van der Waals surface area (Å²) in [6.07, 6.45) is 0.424. The van der Waals surface area contributed by atoms with Crippen molar-refractivity contribution >= 4 is 6.03 Å². The van der Waals surface area contributed by atoms with E-state index in [4.69, 9.17) is 4.52 Å². The lowest BCUT2D eigenvalue weighted by Gasteiger charge is -2.21. The van der Waals surface area contributed by atoms with Crippen molar-refractivity contribution < 1.29 is 18.1 Å². The van der Waals surface area contributed by atoms with Gasteiger partial charge in [0.2, 0.25) is 0 Å². The normalized spacial score (nSPS) is 13.4. The van der Waals surface area contributed by atoms with Gasteiger partial charge in [-0.05, 0) is 45.4 Å². The first-order chi connectivity index (χ1) is 11.3. The van der Waals surface area contributed by atoms with Gasteiger partial charge in [-0.25, -0.2) is 13.6 Å². The highest BCUT2D eigenvalue weighted by Gasteiger charge is 2.21. The second-order valence-corrected chi connectivity index (χ2v) is 5.70. The molecule has 0 unspecified atom stereocenters. The monoisotopic (exact) mass is 337 g/mol. The second kappa shape index (κ2) is 7.42. The number of nitrogens with one attached hydrogen (secondary N) is 2. The molecule has 0 aliphatic heterocycles. The summed E-state index contributed by atoms with van der Waals surface area (Å²) >= 11 is 0. The third-order valence-electron chi connectivity index (χ3n) is 3.92. The molecule has 0 fully saturated rings. The molecule has 0 aliphatic rings. The molecule has 0 bridgehead atoms. The van der Waals surface area contributed by atoms with Crippen LogP contribution in [0, 0.1) is 25.5 Å². The van der Waals surface area contributed by atoms with Gasteiger partial charge in [0.25, 0.3) is 0 Å². The number of hydrogen-bond acceptors (Lipinski definition) is 3. The number of nitrogens with zero attached hydrogens (tertiary/aromatic N) is 1. The highest BCUT2D eigenvalue weighted by Crippen LogP contribution is 2.23. The van der Waals surface area contributed by atoms with Crippen molar-refractivity contribution in [2.24, 2.45) is 0 Å². The molecule has 0 saturated heterocycles. The lowest BCUT2D eigenvalue weighted by Crippen LogP contribution is -2.39. The van der Waals surface area contributed by atoms with Gasteiger partial charge in [0.1, 0.15) is 17.4 Å². The smallest absolute Gasteiger partial charge is 0.315 e. The maximum atomic E-state index is 13.9. The van der Waals surface area contributed by atoms with Crippen LogP contribution in [0.4, 0.5) is 13.6 Å². The molecule has 5 nitrogen and oxygen atoms in total. The quantitative estimate of drug-likeness (QED) is 0.864. The first-order valence-electron chi connectivity index (χ1n) is 7.78. The standard InChI is InChI=1S/C17H21F2N3O2/c1-5-15(13-8-12(18)6-7-14(13)19)21-17(23)20-9(2)16-10(3)22-24-11(16)4/h6-9,15H,5H2,1-4H3,(H2,20,21,23)/t9-,15+/m1/s1. The van der Waals surface area contributed by atoms with Gasteiger partial charge >= 0.3 is 6.03 Å². The van der Waals surface area contributed by atoms with Crippen molar-refractivity contribution in [3.63, 3.8) is 0 Å². The van der Waals surface area contributed by atoms with Crippen molar-refractivity contribution in [2.75, 3.05) is 0 Å². The maximum Gasteiger partial charge on any atom is 0.315 e. The Morgan fingerprint density at radius 3 is 2.58 bits per heavy atom. The first-order valence-corrected chi connectivity index (χ1v) is 7.78. The molecule has 2 N–H and O–H groups in total.